The third kappa shape index (κ3) is 3.74. The summed E-state index contributed by atoms with van der Waals surface area (Å²) in [7, 11) is -3.19. The topological polar surface area (TPSA) is 37.4 Å². The van der Waals surface area contributed by atoms with Crippen LogP contribution >= 0.6 is 11.6 Å². The number of hydrogen-bond acceptors (Lipinski definition) is 2. The minimum Gasteiger partial charge on any atom is -0.211 e. The van der Waals surface area contributed by atoms with Crippen LogP contribution in [0.15, 0.2) is 0 Å². The first-order valence-corrected chi connectivity index (χ1v) is 6.26. The van der Waals surface area contributed by atoms with Crippen molar-refractivity contribution in [2.24, 2.45) is 0 Å². The van der Waals surface area contributed by atoms with Crippen molar-refractivity contribution in [3.63, 3.8) is 0 Å². The molecule has 0 aromatic carbocycles. The maximum Gasteiger partial charge on any atom is 0.228 e. The van der Waals surface area contributed by atoms with E-state index in [4.69, 9.17) is 11.6 Å². The zero-order valence-corrected chi connectivity index (χ0v) is 9.16. The molecule has 0 bridgehead atoms. The molecule has 0 fully saturated rings. The predicted octanol–water partition coefficient (Wildman–Crippen LogP) is 1.63. The van der Waals surface area contributed by atoms with Crippen LogP contribution in [0, 0.1) is 0 Å². The van der Waals surface area contributed by atoms with Crippen LogP contribution in [0.5, 0.6) is 0 Å². The molecule has 5 heteroatoms. The van der Waals surface area contributed by atoms with Gasteiger partial charge in [0.05, 0.1) is 0 Å². The summed E-state index contributed by atoms with van der Waals surface area (Å²) >= 11 is 5.33. The van der Waals surface area contributed by atoms with Gasteiger partial charge in [-0.15, -0.1) is 11.6 Å². The fourth-order valence-corrected chi connectivity index (χ4v) is 2.43. The molecule has 12 heavy (non-hydrogen) atoms. The van der Waals surface area contributed by atoms with Crippen molar-refractivity contribution in [3.8, 4) is 0 Å². The SMILES string of the molecule is CCCN(CCC)S(=O)(=O)CCl. The fourth-order valence-electron chi connectivity index (χ4n) is 0.958. The van der Waals surface area contributed by atoms with Crippen LogP contribution in [0.25, 0.3) is 0 Å². The van der Waals surface area contributed by atoms with E-state index in [1.54, 1.807) is 0 Å². The van der Waals surface area contributed by atoms with E-state index in [1.165, 1.54) is 4.31 Å². The molecule has 0 aliphatic carbocycles. The summed E-state index contributed by atoms with van der Waals surface area (Å²) in [5, 5.41) is -0.312. The molecular weight excluding hydrogens is 198 g/mol. The van der Waals surface area contributed by atoms with Crippen LogP contribution in [-0.2, 0) is 10.0 Å². The van der Waals surface area contributed by atoms with E-state index >= 15 is 0 Å². The minimum atomic E-state index is -3.19. The van der Waals surface area contributed by atoms with E-state index < -0.39 is 10.0 Å². The van der Waals surface area contributed by atoms with Gasteiger partial charge in [-0.25, -0.2) is 12.7 Å². The smallest absolute Gasteiger partial charge is 0.211 e. The molecular formula is C7H16ClNO2S. The van der Waals surface area contributed by atoms with Crippen molar-refractivity contribution in [1.29, 1.82) is 0 Å². The van der Waals surface area contributed by atoms with Crippen LogP contribution in [-0.4, -0.2) is 31.0 Å². The van der Waals surface area contributed by atoms with E-state index in [1.807, 2.05) is 13.8 Å². The number of alkyl halides is 1. The van der Waals surface area contributed by atoms with E-state index in [-0.39, 0.29) is 5.21 Å². The average molecular weight is 214 g/mol. The highest BCUT2D eigenvalue weighted by molar-refractivity contribution is 7.90. The molecule has 0 heterocycles. The quantitative estimate of drug-likeness (QED) is 0.629. The molecule has 74 valence electrons. The fraction of sp³-hybridized carbons (Fsp3) is 1.00. The van der Waals surface area contributed by atoms with E-state index in [0.29, 0.717) is 13.1 Å². The van der Waals surface area contributed by atoms with Crippen LogP contribution < -0.4 is 0 Å². The Labute approximate surface area is 79.8 Å². The molecule has 0 aromatic rings. The average Bonchev–Trinajstić information content (AvgIpc) is 2.04. The number of halogens is 1. The van der Waals surface area contributed by atoms with Crippen LogP contribution in [0.4, 0.5) is 0 Å². The van der Waals surface area contributed by atoms with E-state index in [9.17, 15) is 8.42 Å². The summed E-state index contributed by atoms with van der Waals surface area (Å²) < 4.78 is 24.0. The summed E-state index contributed by atoms with van der Waals surface area (Å²) in [6.45, 7) is 5.05. The van der Waals surface area contributed by atoms with Crippen molar-refractivity contribution in [3.05, 3.63) is 0 Å². The monoisotopic (exact) mass is 213 g/mol. The highest BCUT2D eigenvalue weighted by atomic mass is 35.5. The van der Waals surface area contributed by atoms with Gasteiger partial charge in [-0.3, -0.25) is 0 Å². The molecule has 0 amide bonds. The molecule has 0 rings (SSSR count). The summed E-state index contributed by atoms with van der Waals surface area (Å²) in [5.74, 6) is 0. The normalized spacial score (nSPS) is 12.3. The predicted molar refractivity (Wildman–Crippen MR) is 51.8 cm³/mol. The molecule has 0 aliphatic rings. The first-order valence-electron chi connectivity index (χ1n) is 4.12. The Kier molecular flexibility index (Phi) is 5.88. The molecule has 0 saturated heterocycles. The lowest BCUT2D eigenvalue weighted by molar-refractivity contribution is 0.413. The first-order chi connectivity index (χ1) is 5.58. The standard InChI is InChI=1S/C7H16ClNO2S/c1-3-5-9(6-4-2)12(10,11)7-8/h3-7H2,1-2H3. The van der Waals surface area contributed by atoms with Crippen LogP contribution in [0.3, 0.4) is 0 Å². The number of rotatable bonds is 6. The molecule has 0 aliphatic heterocycles. The summed E-state index contributed by atoms with van der Waals surface area (Å²) in [6, 6.07) is 0. The van der Waals surface area contributed by atoms with Gasteiger partial charge in [0.25, 0.3) is 0 Å². The second-order valence-corrected chi connectivity index (χ2v) is 5.17. The van der Waals surface area contributed by atoms with Crippen molar-refractivity contribution in [1.82, 2.24) is 4.31 Å². The van der Waals surface area contributed by atoms with Gasteiger partial charge in [0.15, 0.2) is 0 Å². The van der Waals surface area contributed by atoms with Gasteiger partial charge in [-0.05, 0) is 12.8 Å². The van der Waals surface area contributed by atoms with Crippen LogP contribution in [0.2, 0.25) is 0 Å². The molecule has 0 N–H and O–H groups in total. The van der Waals surface area contributed by atoms with Gasteiger partial charge < -0.3 is 0 Å². The summed E-state index contributed by atoms with van der Waals surface area (Å²) in [5.41, 5.74) is 0. The second kappa shape index (κ2) is 5.78. The Morgan fingerprint density at radius 2 is 1.58 bits per heavy atom. The lowest BCUT2D eigenvalue weighted by Gasteiger charge is -2.18. The molecule has 0 radical (unpaired) electrons. The third-order valence-electron chi connectivity index (χ3n) is 1.48. The molecule has 0 spiro atoms. The minimum absolute atomic E-state index is 0.312. The van der Waals surface area contributed by atoms with Crippen molar-refractivity contribution >= 4 is 21.6 Å². The maximum absolute atomic E-state index is 11.3. The van der Waals surface area contributed by atoms with E-state index in [2.05, 4.69) is 0 Å². The van der Waals surface area contributed by atoms with Gasteiger partial charge >= 0.3 is 0 Å². The highest BCUT2D eigenvalue weighted by Gasteiger charge is 2.18. The highest BCUT2D eigenvalue weighted by Crippen LogP contribution is 2.05. The Morgan fingerprint density at radius 3 is 1.83 bits per heavy atom. The van der Waals surface area contributed by atoms with Crippen molar-refractivity contribution in [2.75, 3.05) is 18.3 Å². The molecule has 3 nitrogen and oxygen atoms in total. The Bertz CT molecular complexity index is 197. The Hall–Kier alpha value is 0.200. The Balaban J connectivity index is 4.28. The van der Waals surface area contributed by atoms with Gasteiger partial charge in [0.1, 0.15) is 5.21 Å². The van der Waals surface area contributed by atoms with Gasteiger partial charge in [0.2, 0.25) is 10.0 Å². The molecule has 0 saturated carbocycles. The molecule has 0 unspecified atom stereocenters. The van der Waals surface area contributed by atoms with Crippen LogP contribution in [0.1, 0.15) is 26.7 Å². The number of nitrogens with zero attached hydrogens (tertiary/aromatic N) is 1. The number of hydrogen-bond donors (Lipinski definition) is 0. The second-order valence-electron chi connectivity index (χ2n) is 2.62. The third-order valence-corrected chi connectivity index (χ3v) is 3.73. The van der Waals surface area contributed by atoms with Gasteiger partial charge in [-0.2, -0.15) is 0 Å². The molecule has 0 aromatic heterocycles. The summed E-state index contributed by atoms with van der Waals surface area (Å²) in [6.07, 6.45) is 1.66. The Morgan fingerprint density at radius 1 is 1.17 bits per heavy atom. The lowest BCUT2D eigenvalue weighted by Crippen LogP contribution is -2.33. The first kappa shape index (κ1) is 12.2. The largest absolute Gasteiger partial charge is 0.228 e. The van der Waals surface area contributed by atoms with Crippen molar-refractivity contribution < 1.29 is 8.42 Å². The zero-order valence-electron chi connectivity index (χ0n) is 7.59. The zero-order chi connectivity index (χ0) is 9.61. The summed E-state index contributed by atoms with van der Waals surface area (Å²) in [4.78, 5) is 0. The van der Waals surface area contributed by atoms with Gasteiger partial charge in [0, 0.05) is 13.1 Å². The lowest BCUT2D eigenvalue weighted by atomic mass is 10.4. The van der Waals surface area contributed by atoms with E-state index in [0.717, 1.165) is 12.8 Å². The maximum atomic E-state index is 11.3. The van der Waals surface area contributed by atoms with Crippen molar-refractivity contribution in [2.45, 2.75) is 26.7 Å². The number of sulfonamides is 1. The van der Waals surface area contributed by atoms with Gasteiger partial charge in [-0.1, -0.05) is 13.8 Å². The molecule has 0 atom stereocenters.